The van der Waals surface area contributed by atoms with Gasteiger partial charge >= 0.3 is 5.97 Å². The van der Waals surface area contributed by atoms with Gasteiger partial charge in [-0.1, -0.05) is 19.6 Å². The Balaban J connectivity index is 3.37. The van der Waals surface area contributed by atoms with Crippen LogP contribution in [-0.2, 0) is 9.53 Å². The van der Waals surface area contributed by atoms with Crippen molar-refractivity contribution in [3.05, 3.63) is 0 Å². The molecule has 0 aliphatic rings. The first kappa shape index (κ1) is 9.82. The first-order chi connectivity index (χ1) is 4.70. The van der Waals surface area contributed by atoms with Crippen LogP contribution in [0.1, 0.15) is 26.7 Å². The Labute approximate surface area is 67.4 Å². The number of hydrogen-bond acceptors (Lipinski definition) is 2. The van der Waals surface area contributed by atoms with Gasteiger partial charge in [-0.2, -0.15) is 0 Å². The average molecular weight is 161 g/mol. The van der Waals surface area contributed by atoms with Gasteiger partial charge in [0.05, 0.1) is 12.5 Å². The van der Waals surface area contributed by atoms with Gasteiger partial charge in [-0.15, -0.1) is 0 Å². The summed E-state index contributed by atoms with van der Waals surface area (Å²) >= 11 is 4.62. The third-order valence-electron chi connectivity index (χ3n) is 1.21. The molecule has 0 heterocycles. The number of ether oxygens (including phenoxy) is 1. The SMILES string of the molecule is CCC(C)OC(=O)CC[S]. The Morgan fingerprint density at radius 3 is 2.70 bits per heavy atom. The predicted octanol–water partition coefficient (Wildman–Crippen LogP) is 1.92. The lowest BCUT2D eigenvalue weighted by Gasteiger charge is -2.09. The molecule has 0 aliphatic heterocycles. The van der Waals surface area contributed by atoms with E-state index in [1.807, 2.05) is 13.8 Å². The van der Waals surface area contributed by atoms with Gasteiger partial charge in [0, 0.05) is 5.75 Å². The van der Waals surface area contributed by atoms with Crippen molar-refractivity contribution in [3.8, 4) is 0 Å². The highest BCUT2D eigenvalue weighted by atomic mass is 32.1. The molecular formula is C7H13O2S. The van der Waals surface area contributed by atoms with Crippen LogP contribution in [0.15, 0.2) is 0 Å². The summed E-state index contributed by atoms with van der Waals surface area (Å²) in [4.78, 5) is 10.7. The summed E-state index contributed by atoms with van der Waals surface area (Å²) in [6, 6.07) is 0. The zero-order chi connectivity index (χ0) is 7.98. The Kier molecular flexibility index (Phi) is 5.49. The molecule has 0 aliphatic carbocycles. The zero-order valence-corrected chi connectivity index (χ0v) is 7.24. The Morgan fingerprint density at radius 2 is 2.30 bits per heavy atom. The van der Waals surface area contributed by atoms with Gasteiger partial charge in [-0.05, 0) is 13.3 Å². The van der Waals surface area contributed by atoms with Crippen LogP contribution in [0.25, 0.3) is 0 Å². The highest BCUT2D eigenvalue weighted by Crippen LogP contribution is 1.98. The molecule has 0 N–H and O–H groups in total. The topological polar surface area (TPSA) is 26.3 Å². The van der Waals surface area contributed by atoms with Crippen molar-refractivity contribution in [2.45, 2.75) is 32.8 Å². The normalized spacial score (nSPS) is 12.7. The van der Waals surface area contributed by atoms with Crippen molar-refractivity contribution in [2.75, 3.05) is 5.75 Å². The molecule has 2 nitrogen and oxygen atoms in total. The van der Waals surface area contributed by atoms with Gasteiger partial charge in [-0.25, -0.2) is 0 Å². The number of carbonyl (C=O) groups excluding carboxylic acids is 1. The first-order valence-electron chi connectivity index (χ1n) is 3.48. The van der Waals surface area contributed by atoms with Gasteiger partial charge in [0.25, 0.3) is 0 Å². The highest BCUT2D eigenvalue weighted by Gasteiger charge is 2.05. The van der Waals surface area contributed by atoms with Crippen molar-refractivity contribution in [1.29, 1.82) is 0 Å². The number of esters is 1. The van der Waals surface area contributed by atoms with Crippen LogP contribution in [0.4, 0.5) is 0 Å². The second kappa shape index (κ2) is 5.59. The molecule has 59 valence electrons. The maximum Gasteiger partial charge on any atom is 0.306 e. The number of hydrogen-bond donors (Lipinski definition) is 0. The zero-order valence-electron chi connectivity index (χ0n) is 6.42. The first-order valence-corrected chi connectivity index (χ1v) is 4.06. The van der Waals surface area contributed by atoms with Crippen LogP contribution >= 0.6 is 12.6 Å². The molecule has 0 bridgehead atoms. The molecule has 10 heavy (non-hydrogen) atoms. The molecule has 0 saturated heterocycles. The lowest BCUT2D eigenvalue weighted by molar-refractivity contribution is -0.147. The van der Waals surface area contributed by atoms with Gasteiger partial charge in [0.1, 0.15) is 0 Å². The van der Waals surface area contributed by atoms with E-state index in [-0.39, 0.29) is 12.1 Å². The van der Waals surface area contributed by atoms with E-state index in [0.717, 1.165) is 6.42 Å². The van der Waals surface area contributed by atoms with E-state index < -0.39 is 0 Å². The summed E-state index contributed by atoms with van der Waals surface area (Å²) in [7, 11) is 0. The van der Waals surface area contributed by atoms with E-state index in [4.69, 9.17) is 4.74 Å². The van der Waals surface area contributed by atoms with Gasteiger partial charge < -0.3 is 4.74 Å². The Morgan fingerprint density at radius 1 is 1.70 bits per heavy atom. The summed E-state index contributed by atoms with van der Waals surface area (Å²) in [5.74, 6) is 0.277. The molecule has 0 saturated carbocycles. The monoisotopic (exact) mass is 161 g/mol. The van der Waals surface area contributed by atoms with Crippen LogP contribution in [0, 0.1) is 0 Å². The fraction of sp³-hybridized carbons (Fsp3) is 0.857. The number of carbonyl (C=O) groups is 1. The molecular weight excluding hydrogens is 148 g/mol. The van der Waals surface area contributed by atoms with Crippen LogP contribution in [0.5, 0.6) is 0 Å². The van der Waals surface area contributed by atoms with Crippen molar-refractivity contribution < 1.29 is 9.53 Å². The molecule has 3 heteroatoms. The summed E-state index contributed by atoms with van der Waals surface area (Å²) in [6.45, 7) is 3.85. The fourth-order valence-electron chi connectivity index (χ4n) is 0.450. The van der Waals surface area contributed by atoms with Crippen molar-refractivity contribution in [3.63, 3.8) is 0 Å². The lowest BCUT2D eigenvalue weighted by atomic mass is 10.3. The van der Waals surface area contributed by atoms with E-state index in [0.29, 0.717) is 12.2 Å². The molecule has 0 rings (SSSR count). The predicted molar refractivity (Wildman–Crippen MR) is 42.9 cm³/mol. The maximum atomic E-state index is 10.7. The minimum absolute atomic E-state index is 0.0362. The minimum Gasteiger partial charge on any atom is -0.463 e. The van der Waals surface area contributed by atoms with Crippen LogP contribution in [0.2, 0.25) is 0 Å². The third-order valence-corrected chi connectivity index (χ3v) is 1.42. The third kappa shape index (κ3) is 4.68. The van der Waals surface area contributed by atoms with E-state index in [1.54, 1.807) is 0 Å². The molecule has 1 atom stereocenters. The average Bonchev–Trinajstić information content (AvgIpc) is 1.88. The highest BCUT2D eigenvalue weighted by molar-refractivity contribution is 7.80. The molecule has 0 aromatic heterocycles. The standard InChI is InChI=1S/C7H13O2S/c1-3-6(2)9-7(8)4-5-10/h6H,3-5H2,1-2H3. The Hall–Kier alpha value is -0.180. The quantitative estimate of drug-likeness (QED) is 0.589. The minimum atomic E-state index is -0.177. The molecule has 0 aromatic carbocycles. The van der Waals surface area contributed by atoms with Crippen molar-refractivity contribution in [2.24, 2.45) is 0 Å². The van der Waals surface area contributed by atoms with Crippen LogP contribution in [-0.4, -0.2) is 17.8 Å². The summed E-state index contributed by atoms with van der Waals surface area (Å²) in [6.07, 6.45) is 1.26. The lowest BCUT2D eigenvalue weighted by Crippen LogP contribution is -2.13. The summed E-state index contributed by atoms with van der Waals surface area (Å²) in [5.41, 5.74) is 0. The second-order valence-electron chi connectivity index (χ2n) is 2.16. The number of rotatable bonds is 4. The molecule has 1 unspecified atom stereocenters. The molecule has 0 amide bonds. The van der Waals surface area contributed by atoms with Gasteiger partial charge in [0.15, 0.2) is 0 Å². The van der Waals surface area contributed by atoms with E-state index in [1.165, 1.54) is 0 Å². The smallest absolute Gasteiger partial charge is 0.306 e. The van der Waals surface area contributed by atoms with Gasteiger partial charge in [0.2, 0.25) is 0 Å². The molecule has 0 spiro atoms. The van der Waals surface area contributed by atoms with E-state index in [9.17, 15) is 4.79 Å². The summed E-state index contributed by atoms with van der Waals surface area (Å²) < 4.78 is 4.93. The fourth-order valence-corrected chi connectivity index (χ4v) is 0.617. The summed E-state index contributed by atoms with van der Waals surface area (Å²) in [5, 5.41) is 0. The van der Waals surface area contributed by atoms with Crippen molar-refractivity contribution in [1.82, 2.24) is 0 Å². The van der Waals surface area contributed by atoms with E-state index in [2.05, 4.69) is 12.6 Å². The van der Waals surface area contributed by atoms with Crippen LogP contribution < -0.4 is 0 Å². The molecule has 0 aromatic rings. The van der Waals surface area contributed by atoms with Gasteiger partial charge in [-0.3, -0.25) is 4.79 Å². The van der Waals surface area contributed by atoms with E-state index >= 15 is 0 Å². The van der Waals surface area contributed by atoms with Crippen molar-refractivity contribution >= 4 is 18.6 Å². The second-order valence-corrected chi connectivity index (χ2v) is 2.57. The molecule has 0 fully saturated rings. The van der Waals surface area contributed by atoms with Crippen LogP contribution in [0.3, 0.4) is 0 Å². The molecule has 1 radical (unpaired) electrons. The Bertz CT molecular complexity index is 104. The largest absolute Gasteiger partial charge is 0.463 e. The maximum absolute atomic E-state index is 10.7.